The van der Waals surface area contributed by atoms with E-state index in [9.17, 15) is 4.39 Å². The van der Waals surface area contributed by atoms with Gasteiger partial charge >= 0.3 is 0 Å². The van der Waals surface area contributed by atoms with E-state index in [1.165, 1.54) is 18.9 Å². The summed E-state index contributed by atoms with van der Waals surface area (Å²) in [5.41, 5.74) is 1.24. The highest BCUT2D eigenvalue weighted by atomic mass is 19.1. The maximum Gasteiger partial charge on any atom is 0.227 e. The van der Waals surface area contributed by atoms with Gasteiger partial charge in [-0.2, -0.15) is 10.1 Å². The highest BCUT2D eigenvalue weighted by Crippen LogP contribution is 2.24. The monoisotopic (exact) mass is 410 g/mol. The van der Waals surface area contributed by atoms with Crippen molar-refractivity contribution in [1.82, 2.24) is 25.2 Å². The van der Waals surface area contributed by atoms with Gasteiger partial charge in [-0.05, 0) is 63.5 Å². The first-order valence-electron chi connectivity index (χ1n) is 10.4. The lowest BCUT2D eigenvalue weighted by Crippen LogP contribution is -2.39. The summed E-state index contributed by atoms with van der Waals surface area (Å²) >= 11 is 0. The molecule has 3 heterocycles. The minimum absolute atomic E-state index is 0.261. The minimum Gasteiger partial charge on any atom is -0.351 e. The number of aryl methyl sites for hydroxylation is 2. The van der Waals surface area contributed by atoms with E-state index in [-0.39, 0.29) is 5.82 Å². The molecular formula is C22H27FN6O. The summed E-state index contributed by atoms with van der Waals surface area (Å²) in [7, 11) is 2.14. The molecule has 1 aromatic carbocycles. The molecule has 30 heavy (non-hydrogen) atoms. The number of hydrogen-bond donors (Lipinski definition) is 0. The van der Waals surface area contributed by atoms with Gasteiger partial charge in [-0.1, -0.05) is 17.3 Å². The molecule has 0 aliphatic carbocycles. The molecule has 158 valence electrons. The Hall–Kier alpha value is -2.87. The predicted octanol–water partition coefficient (Wildman–Crippen LogP) is 3.51. The lowest BCUT2D eigenvalue weighted by atomic mass is 10.1. The molecule has 1 aliphatic heterocycles. The normalized spacial score (nSPS) is 16.5. The number of likely N-dealkylation sites (N-methyl/N-ethyl adjacent to an activating group) is 1. The maximum absolute atomic E-state index is 13.8. The van der Waals surface area contributed by atoms with Crippen LogP contribution in [0.2, 0.25) is 0 Å². The Labute approximate surface area is 175 Å². The summed E-state index contributed by atoms with van der Waals surface area (Å²) < 4.78 is 19.1. The molecule has 0 bridgehead atoms. The SMILES string of the molecule is Cc1ccc(-c2noc(CCCN(C)CC3CCCN3c3cccnn3)n2)cc1F. The topological polar surface area (TPSA) is 71.2 Å². The smallest absolute Gasteiger partial charge is 0.227 e. The van der Waals surface area contributed by atoms with E-state index >= 15 is 0 Å². The van der Waals surface area contributed by atoms with Crippen LogP contribution >= 0.6 is 0 Å². The quantitative estimate of drug-likeness (QED) is 0.563. The highest BCUT2D eigenvalue weighted by Gasteiger charge is 2.26. The molecule has 2 aromatic heterocycles. The second-order valence-electron chi connectivity index (χ2n) is 7.91. The predicted molar refractivity (Wildman–Crippen MR) is 113 cm³/mol. The summed E-state index contributed by atoms with van der Waals surface area (Å²) in [5.74, 6) is 1.71. The van der Waals surface area contributed by atoms with Gasteiger partial charge in [-0.15, -0.1) is 5.10 Å². The van der Waals surface area contributed by atoms with E-state index in [0.717, 1.165) is 31.9 Å². The number of halogens is 1. The molecule has 1 fully saturated rings. The van der Waals surface area contributed by atoms with Crippen molar-refractivity contribution in [3.8, 4) is 11.4 Å². The highest BCUT2D eigenvalue weighted by molar-refractivity contribution is 5.54. The van der Waals surface area contributed by atoms with Crippen molar-refractivity contribution < 1.29 is 8.91 Å². The van der Waals surface area contributed by atoms with Gasteiger partial charge in [0.15, 0.2) is 5.82 Å². The number of hydrogen-bond acceptors (Lipinski definition) is 7. The first kappa shape index (κ1) is 20.4. The third-order valence-electron chi connectivity index (χ3n) is 5.58. The zero-order valence-electron chi connectivity index (χ0n) is 17.5. The standard InChI is InChI=1S/C22H27FN6O/c1-16-9-10-17(14-19(16)23)22-25-21(30-27-22)8-5-12-28(2)15-18-6-4-13-29(18)20-7-3-11-24-26-20/h3,7,9-11,14,18H,4-6,8,12-13,15H2,1-2H3. The largest absolute Gasteiger partial charge is 0.351 e. The molecule has 1 aliphatic rings. The molecule has 0 radical (unpaired) electrons. The zero-order valence-corrected chi connectivity index (χ0v) is 17.5. The van der Waals surface area contributed by atoms with Gasteiger partial charge in [-0.25, -0.2) is 4.39 Å². The molecule has 0 amide bonds. The summed E-state index contributed by atoms with van der Waals surface area (Å²) in [6.45, 7) is 4.67. The summed E-state index contributed by atoms with van der Waals surface area (Å²) in [6.07, 6.45) is 5.67. The van der Waals surface area contributed by atoms with Crippen LogP contribution < -0.4 is 4.90 Å². The lowest BCUT2D eigenvalue weighted by Gasteiger charge is -2.29. The fraction of sp³-hybridized carbons (Fsp3) is 0.455. The first-order valence-corrected chi connectivity index (χ1v) is 10.4. The van der Waals surface area contributed by atoms with Crippen LogP contribution in [-0.4, -0.2) is 58.0 Å². The van der Waals surface area contributed by atoms with Crippen molar-refractivity contribution in [3.05, 3.63) is 53.8 Å². The second kappa shape index (κ2) is 9.30. The van der Waals surface area contributed by atoms with Gasteiger partial charge in [0.05, 0.1) is 0 Å². The molecule has 3 aromatic rings. The van der Waals surface area contributed by atoms with Crippen molar-refractivity contribution in [2.75, 3.05) is 31.6 Å². The van der Waals surface area contributed by atoms with Crippen LogP contribution in [0.25, 0.3) is 11.4 Å². The van der Waals surface area contributed by atoms with Crippen LogP contribution in [0.15, 0.2) is 41.1 Å². The van der Waals surface area contributed by atoms with Crippen LogP contribution in [0.1, 0.15) is 30.7 Å². The van der Waals surface area contributed by atoms with Crippen molar-refractivity contribution in [3.63, 3.8) is 0 Å². The molecule has 0 saturated carbocycles. The fourth-order valence-corrected chi connectivity index (χ4v) is 3.93. The molecule has 8 heteroatoms. The van der Waals surface area contributed by atoms with E-state index < -0.39 is 0 Å². The van der Waals surface area contributed by atoms with E-state index in [1.54, 1.807) is 19.2 Å². The Morgan fingerprint density at radius 3 is 3.00 bits per heavy atom. The Bertz CT molecular complexity index is 963. The van der Waals surface area contributed by atoms with Crippen LogP contribution in [-0.2, 0) is 6.42 Å². The number of nitrogens with zero attached hydrogens (tertiary/aromatic N) is 6. The fourth-order valence-electron chi connectivity index (χ4n) is 3.93. The van der Waals surface area contributed by atoms with E-state index in [1.807, 2.05) is 18.2 Å². The Morgan fingerprint density at radius 2 is 2.20 bits per heavy atom. The van der Waals surface area contributed by atoms with Gasteiger partial charge in [0, 0.05) is 37.3 Å². The van der Waals surface area contributed by atoms with Crippen LogP contribution in [0.5, 0.6) is 0 Å². The van der Waals surface area contributed by atoms with Gasteiger partial charge in [0.2, 0.25) is 11.7 Å². The molecular weight excluding hydrogens is 383 g/mol. The number of aromatic nitrogens is 4. The van der Waals surface area contributed by atoms with Crippen molar-refractivity contribution >= 4 is 5.82 Å². The summed E-state index contributed by atoms with van der Waals surface area (Å²) in [5, 5.41) is 12.3. The maximum atomic E-state index is 13.8. The van der Waals surface area contributed by atoms with Gasteiger partial charge < -0.3 is 14.3 Å². The molecule has 0 spiro atoms. The minimum atomic E-state index is -0.261. The molecule has 4 rings (SSSR count). The number of anilines is 1. The van der Waals surface area contributed by atoms with Crippen LogP contribution in [0.3, 0.4) is 0 Å². The van der Waals surface area contributed by atoms with E-state index in [0.29, 0.717) is 35.3 Å². The van der Waals surface area contributed by atoms with Crippen molar-refractivity contribution in [1.29, 1.82) is 0 Å². The molecule has 7 nitrogen and oxygen atoms in total. The third-order valence-corrected chi connectivity index (χ3v) is 5.58. The lowest BCUT2D eigenvalue weighted by molar-refractivity contribution is 0.297. The van der Waals surface area contributed by atoms with E-state index in [2.05, 4.69) is 37.2 Å². The Kier molecular flexibility index (Phi) is 6.32. The number of rotatable bonds is 8. The van der Waals surface area contributed by atoms with Crippen LogP contribution in [0.4, 0.5) is 10.2 Å². The van der Waals surface area contributed by atoms with Crippen molar-refractivity contribution in [2.24, 2.45) is 0 Å². The van der Waals surface area contributed by atoms with Crippen molar-refractivity contribution in [2.45, 2.75) is 38.6 Å². The molecule has 1 atom stereocenters. The summed E-state index contributed by atoms with van der Waals surface area (Å²) in [6, 6.07) is 9.40. The summed E-state index contributed by atoms with van der Waals surface area (Å²) in [4.78, 5) is 9.11. The molecule has 1 unspecified atom stereocenters. The molecule has 1 saturated heterocycles. The van der Waals surface area contributed by atoms with Gasteiger partial charge in [-0.3, -0.25) is 0 Å². The zero-order chi connectivity index (χ0) is 20.9. The second-order valence-corrected chi connectivity index (χ2v) is 7.91. The average Bonchev–Trinajstić information content (AvgIpc) is 3.40. The molecule has 0 N–H and O–H groups in total. The first-order chi connectivity index (χ1) is 14.6. The Morgan fingerprint density at radius 1 is 1.30 bits per heavy atom. The van der Waals surface area contributed by atoms with E-state index in [4.69, 9.17) is 4.52 Å². The van der Waals surface area contributed by atoms with Crippen LogP contribution in [0, 0.1) is 12.7 Å². The Balaban J connectivity index is 1.26. The third kappa shape index (κ3) is 4.81. The van der Waals surface area contributed by atoms with Gasteiger partial charge in [0.1, 0.15) is 5.82 Å². The number of benzene rings is 1. The van der Waals surface area contributed by atoms with Gasteiger partial charge in [0.25, 0.3) is 0 Å². The average molecular weight is 410 g/mol.